The van der Waals surface area contributed by atoms with E-state index < -0.39 is 17.8 Å². The Balaban J connectivity index is 1.77. The summed E-state index contributed by atoms with van der Waals surface area (Å²) >= 11 is 0. The van der Waals surface area contributed by atoms with Crippen molar-refractivity contribution in [2.45, 2.75) is 64.8 Å². The molecule has 2 aliphatic heterocycles. The number of aliphatic hydroxyl groups excluding tert-OH is 1. The molecular weight excluding hydrogens is 396 g/mol. The number of phenols is 2. The summed E-state index contributed by atoms with van der Waals surface area (Å²) in [5, 5.41) is 30.4. The van der Waals surface area contributed by atoms with Gasteiger partial charge in [-0.3, -0.25) is 4.79 Å². The molecule has 0 radical (unpaired) electrons. The molecule has 2 heterocycles. The first kappa shape index (κ1) is 21.2. The predicted molar refractivity (Wildman–Crippen MR) is 116 cm³/mol. The maximum absolute atomic E-state index is 12.7. The number of hydrogen-bond acceptors (Lipinski definition) is 6. The minimum absolute atomic E-state index is 0.0705. The van der Waals surface area contributed by atoms with Gasteiger partial charge in [-0.15, -0.1) is 0 Å². The number of ether oxygens (including phenoxy) is 2. The Bertz CT molecular complexity index is 1080. The van der Waals surface area contributed by atoms with E-state index in [0.717, 1.165) is 28.5 Å². The van der Waals surface area contributed by atoms with Crippen LogP contribution in [0.3, 0.4) is 0 Å². The second-order valence-electron chi connectivity index (χ2n) is 9.15. The summed E-state index contributed by atoms with van der Waals surface area (Å²) in [6.07, 6.45) is 2.06. The highest BCUT2D eigenvalue weighted by atomic mass is 16.5. The molecule has 0 aromatic heterocycles. The number of rotatable bonds is 3. The first-order valence-corrected chi connectivity index (χ1v) is 10.5. The Kier molecular flexibility index (Phi) is 5.21. The maximum atomic E-state index is 12.7. The predicted octanol–water partition coefficient (Wildman–Crippen LogP) is 4.39. The van der Waals surface area contributed by atoms with Crippen molar-refractivity contribution in [3.8, 4) is 23.0 Å². The quantitative estimate of drug-likeness (QED) is 0.633. The van der Waals surface area contributed by atoms with Crippen LogP contribution in [0, 0.1) is 0 Å². The molecule has 2 aromatic carbocycles. The summed E-state index contributed by atoms with van der Waals surface area (Å²) in [4.78, 5) is 12.7. The molecule has 0 fully saturated rings. The normalized spacial score (nSPS) is 21.4. The third-order valence-corrected chi connectivity index (χ3v) is 5.93. The fourth-order valence-electron chi connectivity index (χ4n) is 4.11. The van der Waals surface area contributed by atoms with Gasteiger partial charge in [0.05, 0.1) is 12.5 Å². The average Bonchev–Trinajstić information content (AvgIpc) is 2.65. The van der Waals surface area contributed by atoms with Gasteiger partial charge in [0, 0.05) is 18.6 Å². The molecule has 0 saturated heterocycles. The van der Waals surface area contributed by atoms with E-state index >= 15 is 0 Å². The van der Waals surface area contributed by atoms with Crippen LogP contribution in [0.25, 0.3) is 0 Å². The molecule has 0 bridgehead atoms. The van der Waals surface area contributed by atoms with Crippen molar-refractivity contribution in [1.29, 1.82) is 0 Å². The first-order chi connectivity index (χ1) is 14.5. The fourth-order valence-corrected chi connectivity index (χ4v) is 4.11. The standard InChI is InChI=1S/C25H28O6/c1-13(2)5-6-14-7-15(8-16-9-22(29)25(3,4)31-24(14)16)20-12-19(28)23-18(27)10-17(26)11-21(23)30-20/h5,7-8,10-11,20,22,26-27,29H,6,9,12H2,1-4H3/t20-,22+/m0/s1. The van der Waals surface area contributed by atoms with Crippen LogP contribution in [0.15, 0.2) is 35.9 Å². The molecule has 0 amide bonds. The number of Topliss-reactive ketones (excluding diaryl/α,β-unsaturated/α-hetero) is 1. The van der Waals surface area contributed by atoms with E-state index in [4.69, 9.17) is 9.47 Å². The Labute approximate surface area is 181 Å². The third-order valence-electron chi connectivity index (χ3n) is 5.93. The lowest BCUT2D eigenvalue weighted by atomic mass is 9.86. The smallest absolute Gasteiger partial charge is 0.174 e. The second kappa shape index (κ2) is 7.61. The number of aliphatic hydroxyl groups is 1. The fraction of sp³-hybridized carbons (Fsp3) is 0.400. The van der Waals surface area contributed by atoms with Gasteiger partial charge >= 0.3 is 0 Å². The van der Waals surface area contributed by atoms with E-state index in [9.17, 15) is 20.1 Å². The Morgan fingerprint density at radius 1 is 1.16 bits per heavy atom. The van der Waals surface area contributed by atoms with Gasteiger partial charge in [-0.05, 0) is 62.9 Å². The van der Waals surface area contributed by atoms with Crippen LogP contribution in [0.1, 0.15) is 67.3 Å². The molecule has 31 heavy (non-hydrogen) atoms. The molecule has 2 aliphatic rings. The molecular formula is C25H28O6. The molecule has 0 unspecified atom stereocenters. The zero-order valence-electron chi connectivity index (χ0n) is 18.2. The average molecular weight is 424 g/mol. The second-order valence-corrected chi connectivity index (χ2v) is 9.15. The molecule has 164 valence electrons. The van der Waals surface area contributed by atoms with Crippen molar-refractivity contribution in [2.24, 2.45) is 0 Å². The Hall–Kier alpha value is -2.99. The SMILES string of the molecule is CC(C)=CCc1cc([C@@H]2CC(=O)c3c(O)cc(O)cc3O2)cc2c1OC(C)(C)[C@H](O)C2. The lowest BCUT2D eigenvalue weighted by molar-refractivity contribution is -0.0417. The van der Waals surface area contributed by atoms with Gasteiger partial charge in [0.1, 0.15) is 40.3 Å². The number of carbonyl (C=O) groups excluding carboxylic acids is 1. The Morgan fingerprint density at radius 2 is 1.90 bits per heavy atom. The highest BCUT2D eigenvalue weighted by Crippen LogP contribution is 2.44. The molecule has 3 N–H and O–H groups in total. The number of benzene rings is 2. The van der Waals surface area contributed by atoms with Gasteiger partial charge < -0.3 is 24.8 Å². The highest BCUT2D eigenvalue weighted by Gasteiger charge is 2.38. The van der Waals surface area contributed by atoms with E-state index in [2.05, 4.69) is 6.08 Å². The minimum Gasteiger partial charge on any atom is -0.508 e. The largest absolute Gasteiger partial charge is 0.508 e. The van der Waals surface area contributed by atoms with Gasteiger partial charge in [0.2, 0.25) is 0 Å². The van der Waals surface area contributed by atoms with Crippen LogP contribution < -0.4 is 9.47 Å². The summed E-state index contributed by atoms with van der Waals surface area (Å²) in [5.74, 6) is 0.240. The lowest BCUT2D eigenvalue weighted by Crippen LogP contribution is -2.46. The number of aromatic hydroxyl groups is 2. The monoisotopic (exact) mass is 424 g/mol. The Morgan fingerprint density at radius 3 is 2.61 bits per heavy atom. The number of phenolic OH excluding ortho intramolecular Hbond substituents is 2. The molecule has 0 aliphatic carbocycles. The van der Waals surface area contributed by atoms with Crippen LogP contribution in [0.2, 0.25) is 0 Å². The van der Waals surface area contributed by atoms with Crippen LogP contribution in [-0.4, -0.2) is 32.8 Å². The minimum atomic E-state index is -0.695. The van der Waals surface area contributed by atoms with Crippen LogP contribution in [-0.2, 0) is 12.8 Å². The van der Waals surface area contributed by atoms with E-state index in [1.165, 1.54) is 11.6 Å². The van der Waals surface area contributed by atoms with Gasteiger partial charge in [0.25, 0.3) is 0 Å². The van der Waals surface area contributed by atoms with Gasteiger partial charge in [-0.25, -0.2) is 0 Å². The van der Waals surface area contributed by atoms with Crippen LogP contribution in [0.4, 0.5) is 0 Å². The molecule has 0 saturated carbocycles. The van der Waals surface area contributed by atoms with Crippen LogP contribution >= 0.6 is 0 Å². The summed E-state index contributed by atoms with van der Waals surface area (Å²) < 4.78 is 12.2. The van der Waals surface area contributed by atoms with Gasteiger partial charge in [0.15, 0.2) is 5.78 Å². The lowest BCUT2D eigenvalue weighted by Gasteiger charge is -2.38. The highest BCUT2D eigenvalue weighted by molar-refractivity contribution is 6.02. The number of carbonyl (C=O) groups is 1. The number of hydrogen-bond donors (Lipinski definition) is 3. The molecule has 2 atom stereocenters. The molecule has 0 spiro atoms. The molecule has 2 aromatic rings. The third kappa shape index (κ3) is 4.00. The maximum Gasteiger partial charge on any atom is 0.174 e. The van der Waals surface area contributed by atoms with Gasteiger partial charge in [-0.1, -0.05) is 11.6 Å². The zero-order chi connectivity index (χ0) is 22.5. The van der Waals surface area contributed by atoms with Crippen molar-refractivity contribution in [3.05, 3.63) is 58.2 Å². The van der Waals surface area contributed by atoms with Crippen molar-refractivity contribution in [1.82, 2.24) is 0 Å². The van der Waals surface area contributed by atoms with E-state index in [-0.39, 0.29) is 35.0 Å². The topological polar surface area (TPSA) is 96.2 Å². The summed E-state index contributed by atoms with van der Waals surface area (Å²) in [6.45, 7) is 7.81. The summed E-state index contributed by atoms with van der Waals surface area (Å²) in [7, 11) is 0. The van der Waals surface area contributed by atoms with Crippen molar-refractivity contribution in [3.63, 3.8) is 0 Å². The van der Waals surface area contributed by atoms with E-state index in [1.807, 2.05) is 39.8 Å². The van der Waals surface area contributed by atoms with Crippen molar-refractivity contribution < 1.29 is 29.6 Å². The molecule has 6 heteroatoms. The summed E-state index contributed by atoms with van der Waals surface area (Å²) in [6, 6.07) is 6.39. The van der Waals surface area contributed by atoms with Crippen molar-refractivity contribution in [2.75, 3.05) is 0 Å². The number of fused-ring (bicyclic) bond motifs is 2. The van der Waals surface area contributed by atoms with E-state index in [1.54, 1.807) is 0 Å². The van der Waals surface area contributed by atoms with Crippen molar-refractivity contribution >= 4 is 5.78 Å². The van der Waals surface area contributed by atoms with Gasteiger partial charge in [-0.2, -0.15) is 0 Å². The zero-order valence-corrected chi connectivity index (χ0v) is 18.2. The molecule has 4 rings (SSSR count). The van der Waals surface area contributed by atoms with E-state index in [0.29, 0.717) is 12.8 Å². The summed E-state index contributed by atoms with van der Waals surface area (Å²) in [5.41, 5.74) is 3.22. The van der Waals surface area contributed by atoms with Crippen LogP contribution in [0.5, 0.6) is 23.0 Å². The number of allylic oxidation sites excluding steroid dienone is 2. The number of ketones is 1. The first-order valence-electron chi connectivity index (χ1n) is 10.5. The molecule has 6 nitrogen and oxygen atoms in total.